The van der Waals surface area contributed by atoms with Crippen LogP contribution in [0.1, 0.15) is 12.0 Å². The van der Waals surface area contributed by atoms with Gasteiger partial charge in [0.05, 0.1) is 13.2 Å². The average Bonchev–Trinajstić information content (AvgIpc) is 2.50. The van der Waals surface area contributed by atoms with Gasteiger partial charge in [-0.05, 0) is 30.7 Å². The van der Waals surface area contributed by atoms with Crippen molar-refractivity contribution < 1.29 is 18.9 Å². The minimum Gasteiger partial charge on any atom is -0.486 e. The molecule has 1 aliphatic rings. The number of hydrogen-bond acceptors (Lipinski definition) is 5. The highest BCUT2D eigenvalue weighted by molar-refractivity contribution is 5.43. The van der Waals surface area contributed by atoms with Gasteiger partial charge in [-0.3, -0.25) is 0 Å². The van der Waals surface area contributed by atoms with Crippen LogP contribution in [0.4, 0.5) is 0 Å². The Morgan fingerprint density at radius 1 is 1.10 bits per heavy atom. The Bertz CT molecular complexity index is 397. The molecule has 0 aliphatic carbocycles. The Kier molecular flexibility index (Phi) is 6.63. The van der Waals surface area contributed by atoms with E-state index in [1.807, 2.05) is 12.1 Å². The predicted octanol–water partition coefficient (Wildman–Crippen LogP) is 1.60. The molecule has 2 rings (SSSR count). The maximum Gasteiger partial charge on any atom is 0.161 e. The smallest absolute Gasteiger partial charge is 0.161 e. The first-order valence-electron chi connectivity index (χ1n) is 7.06. The molecule has 5 heteroatoms. The maximum absolute atomic E-state index is 5.56. The summed E-state index contributed by atoms with van der Waals surface area (Å²) in [4.78, 5) is 0. The number of benzene rings is 1. The van der Waals surface area contributed by atoms with E-state index in [0.29, 0.717) is 26.4 Å². The second-order valence-corrected chi connectivity index (χ2v) is 4.61. The van der Waals surface area contributed by atoms with Crippen LogP contribution in [0.5, 0.6) is 11.5 Å². The second-order valence-electron chi connectivity index (χ2n) is 4.61. The van der Waals surface area contributed by atoms with Crippen molar-refractivity contribution in [2.45, 2.75) is 13.0 Å². The van der Waals surface area contributed by atoms with E-state index in [-0.39, 0.29) is 0 Å². The van der Waals surface area contributed by atoms with E-state index < -0.39 is 0 Å². The molecular weight excluding hydrogens is 258 g/mol. The zero-order valence-electron chi connectivity index (χ0n) is 12.0. The summed E-state index contributed by atoms with van der Waals surface area (Å²) in [6.07, 6.45) is 0.994. The lowest BCUT2D eigenvalue weighted by Crippen LogP contribution is -2.18. The van der Waals surface area contributed by atoms with Crippen LogP contribution in [-0.2, 0) is 16.0 Å². The summed E-state index contributed by atoms with van der Waals surface area (Å²) in [6.45, 7) is 5.10. The molecule has 0 fully saturated rings. The van der Waals surface area contributed by atoms with Gasteiger partial charge in [-0.1, -0.05) is 6.07 Å². The Hall–Kier alpha value is -1.30. The molecule has 0 spiro atoms. The van der Waals surface area contributed by atoms with E-state index in [1.54, 1.807) is 7.11 Å². The lowest BCUT2D eigenvalue weighted by molar-refractivity contribution is 0.0695. The van der Waals surface area contributed by atoms with Crippen molar-refractivity contribution in [1.82, 2.24) is 5.32 Å². The largest absolute Gasteiger partial charge is 0.486 e. The van der Waals surface area contributed by atoms with Crippen LogP contribution in [0.3, 0.4) is 0 Å². The fraction of sp³-hybridized carbons (Fsp3) is 0.600. The minimum absolute atomic E-state index is 0.628. The van der Waals surface area contributed by atoms with E-state index in [0.717, 1.165) is 37.6 Å². The Morgan fingerprint density at radius 2 is 1.95 bits per heavy atom. The topological polar surface area (TPSA) is 49.0 Å². The lowest BCUT2D eigenvalue weighted by atomic mass is 10.2. The first-order valence-corrected chi connectivity index (χ1v) is 7.06. The molecule has 0 saturated carbocycles. The Balaban J connectivity index is 1.60. The zero-order chi connectivity index (χ0) is 14.0. The summed E-state index contributed by atoms with van der Waals surface area (Å²) in [5, 5.41) is 3.39. The zero-order valence-corrected chi connectivity index (χ0v) is 12.0. The molecule has 1 heterocycles. The van der Waals surface area contributed by atoms with Gasteiger partial charge in [-0.25, -0.2) is 0 Å². The number of rotatable bonds is 9. The molecule has 0 unspecified atom stereocenters. The van der Waals surface area contributed by atoms with Crippen molar-refractivity contribution in [3.63, 3.8) is 0 Å². The van der Waals surface area contributed by atoms with Gasteiger partial charge in [0.25, 0.3) is 0 Å². The number of methoxy groups -OCH3 is 1. The molecule has 20 heavy (non-hydrogen) atoms. The van der Waals surface area contributed by atoms with Crippen LogP contribution in [0.15, 0.2) is 18.2 Å². The molecule has 0 amide bonds. The summed E-state index contributed by atoms with van der Waals surface area (Å²) in [5.74, 6) is 1.69. The third kappa shape index (κ3) is 5.00. The van der Waals surface area contributed by atoms with Gasteiger partial charge in [0.2, 0.25) is 0 Å². The molecular formula is C15H23NO4. The molecule has 5 nitrogen and oxygen atoms in total. The highest BCUT2D eigenvalue weighted by Crippen LogP contribution is 2.30. The van der Waals surface area contributed by atoms with Crippen molar-refractivity contribution in [3.05, 3.63) is 23.8 Å². The van der Waals surface area contributed by atoms with E-state index in [4.69, 9.17) is 18.9 Å². The van der Waals surface area contributed by atoms with E-state index in [1.165, 1.54) is 5.56 Å². The van der Waals surface area contributed by atoms with Gasteiger partial charge < -0.3 is 24.3 Å². The first kappa shape index (κ1) is 15.1. The Morgan fingerprint density at radius 3 is 2.80 bits per heavy atom. The summed E-state index contributed by atoms with van der Waals surface area (Å²) in [6, 6.07) is 6.07. The molecule has 1 aromatic rings. The fourth-order valence-corrected chi connectivity index (χ4v) is 1.97. The molecule has 0 aromatic heterocycles. The van der Waals surface area contributed by atoms with Crippen LogP contribution in [-0.4, -0.2) is 46.7 Å². The van der Waals surface area contributed by atoms with Gasteiger partial charge in [-0.15, -0.1) is 0 Å². The molecule has 1 N–H and O–H groups in total. The second kappa shape index (κ2) is 8.79. The van der Waals surface area contributed by atoms with E-state index >= 15 is 0 Å². The number of fused-ring (bicyclic) bond motifs is 1. The summed E-state index contributed by atoms with van der Waals surface area (Å²) in [5.41, 5.74) is 1.20. The van der Waals surface area contributed by atoms with Crippen LogP contribution >= 0.6 is 0 Å². The lowest BCUT2D eigenvalue weighted by Gasteiger charge is -2.19. The quantitative estimate of drug-likeness (QED) is 0.697. The average molecular weight is 281 g/mol. The van der Waals surface area contributed by atoms with Crippen LogP contribution in [0.25, 0.3) is 0 Å². The molecule has 0 saturated heterocycles. The van der Waals surface area contributed by atoms with Gasteiger partial charge in [0.15, 0.2) is 11.5 Å². The van der Waals surface area contributed by atoms with Crippen LogP contribution in [0, 0.1) is 0 Å². The highest BCUT2D eigenvalue weighted by Gasteiger charge is 2.11. The third-order valence-corrected chi connectivity index (χ3v) is 3.01. The molecule has 0 radical (unpaired) electrons. The van der Waals surface area contributed by atoms with Crippen molar-refractivity contribution in [2.75, 3.05) is 46.7 Å². The van der Waals surface area contributed by atoms with Crippen molar-refractivity contribution in [1.29, 1.82) is 0 Å². The number of ether oxygens (including phenoxy) is 4. The summed E-state index contributed by atoms with van der Waals surface area (Å²) in [7, 11) is 1.68. The van der Waals surface area contributed by atoms with Gasteiger partial charge in [0.1, 0.15) is 13.2 Å². The standard InChI is InChI=1S/C15H23NO4/c1-17-7-8-18-6-2-5-16-12-13-3-4-14-15(11-13)20-10-9-19-14/h3-4,11,16H,2,5-10,12H2,1H3. The van der Waals surface area contributed by atoms with E-state index in [2.05, 4.69) is 11.4 Å². The van der Waals surface area contributed by atoms with Gasteiger partial charge >= 0.3 is 0 Å². The number of nitrogens with one attached hydrogen (secondary N) is 1. The molecule has 1 aromatic carbocycles. The first-order chi connectivity index (χ1) is 9.90. The Labute approximate surface area is 120 Å². The number of hydrogen-bond donors (Lipinski definition) is 1. The SMILES string of the molecule is COCCOCCCNCc1ccc2c(c1)OCCO2. The normalized spacial score (nSPS) is 13.4. The highest BCUT2D eigenvalue weighted by atomic mass is 16.6. The fourth-order valence-electron chi connectivity index (χ4n) is 1.97. The van der Waals surface area contributed by atoms with Crippen molar-refractivity contribution in [3.8, 4) is 11.5 Å². The van der Waals surface area contributed by atoms with Crippen LogP contribution < -0.4 is 14.8 Å². The summed E-state index contributed by atoms with van der Waals surface area (Å²) < 4.78 is 21.4. The maximum atomic E-state index is 5.56. The van der Waals surface area contributed by atoms with Crippen molar-refractivity contribution in [2.24, 2.45) is 0 Å². The molecule has 0 bridgehead atoms. The minimum atomic E-state index is 0.628. The van der Waals surface area contributed by atoms with Crippen molar-refractivity contribution >= 4 is 0 Å². The molecule has 112 valence electrons. The van der Waals surface area contributed by atoms with Crippen LogP contribution in [0.2, 0.25) is 0 Å². The monoisotopic (exact) mass is 281 g/mol. The summed E-state index contributed by atoms with van der Waals surface area (Å²) >= 11 is 0. The van der Waals surface area contributed by atoms with E-state index in [9.17, 15) is 0 Å². The van der Waals surface area contributed by atoms with Gasteiger partial charge in [0, 0.05) is 20.3 Å². The molecule has 1 aliphatic heterocycles. The van der Waals surface area contributed by atoms with Gasteiger partial charge in [-0.2, -0.15) is 0 Å². The molecule has 0 atom stereocenters. The predicted molar refractivity (Wildman–Crippen MR) is 76.5 cm³/mol. The third-order valence-electron chi connectivity index (χ3n) is 3.01.